The van der Waals surface area contributed by atoms with Crippen LogP contribution in [-0.4, -0.2) is 42.3 Å². The average molecular weight is 463 g/mol. The number of nitrogens with one attached hydrogen (secondary N) is 2. The van der Waals surface area contributed by atoms with E-state index in [1.54, 1.807) is 0 Å². The van der Waals surface area contributed by atoms with E-state index in [2.05, 4.69) is 34.9 Å². The third kappa shape index (κ3) is 4.65. The van der Waals surface area contributed by atoms with Gasteiger partial charge in [0.05, 0.1) is 5.92 Å². The summed E-state index contributed by atoms with van der Waals surface area (Å²) in [5.41, 5.74) is 4.71. The molecule has 7 heteroatoms. The van der Waals surface area contributed by atoms with Crippen molar-refractivity contribution in [2.45, 2.75) is 44.1 Å². The number of hydrogen-bond acceptors (Lipinski definition) is 4. The molecule has 4 atom stereocenters. The normalized spacial score (nSPS) is 25.1. The molecule has 0 aromatic heterocycles. The van der Waals surface area contributed by atoms with Crippen molar-refractivity contribution in [2.24, 2.45) is 17.8 Å². The van der Waals surface area contributed by atoms with E-state index in [1.165, 1.54) is 22.3 Å². The van der Waals surface area contributed by atoms with E-state index in [9.17, 15) is 19.5 Å². The lowest BCUT2D eigenvalue weighted by Gasteiger charge is -2.27. The maximum atomic E-state index is 12.5. The molecule has 3 aliphatic rings. The Bertz CT molecular complexity index is 1050. The summed E-state index contributed by atoms with van der Waals surface area (Å²) in [6, 6.07) is 16.3. The van der Waals surface area contributed by atoms with Crippen LogP contribution < -0.4 is 10.6 Å². The molecule has 3 aliphatic carbocycles. The van der Waals surface area contributed by atoms with Gasteiger partial charge in [0.15, 0.2) is 0 Å². The van der Waals surface area contributed by atoms with Gasteiger partial charge in [-0.15, -0.1) is 0 Å². The fraction of sp³-hybridized carbons (Fsp3) is 0.444. The first-order valence-corrected chi connectivity index (χ1v) is 12.1. The van der Waals surface area contributed by atoms with Crippen molar-refractivity contribution in [3.63, 3.8) is 0 Å². The van der Waals surface area contributed by atoms with Crippen molar-refractivity contribution in [2.75, 3.05) is 13.2 Å². The van der Waals surface area contributed by atoms with Crippen molar-refractivity contribution in [3.05, 3.63) is 59.7 Å². The average Bonchev–Trinajstić information content (AvgIpc) is 3.57. The highest BCUT2D eigenvalue weighted by Crippen LogP contribution is 2.44. The number of amides is 2. The van der Waals surface area contributed by atoms with Crippen molar-refractivity contribution < 1.29 is 24.2 Å². The number of carboxylic acids is 1. The zero-order chi connectivity index (χ0) is 23.7. The molecular formula is C27H30N2O5. The first-order valence-electron chi connectivity index (χ1n) is 12.1. The van der Waals surface area contributed by atoms with Gasteiger partial charge in [-0.05, 0) is 53.9 Å². The number of aliphatic carboxylic acids is 1. The Morgan fingerprint density at radius 1 is 0.941 bits per heavy atom. The Hall–Kier alpha value is -3.35. The fourth-order valence-corrected chi connectivity index (χ4v) is 5.51. The molecule has 0 aliphatic heterocycles. The molecule has 2 amide bonds. The quantitative estimate of drug-likeness (QED) is 0.579. The van der Waals surface area contributed by atoms with Gasteiger partial charge >= 0.3 is 12.1 Å². The highest BCUT2D eigenvalue weighted by atomic mass is 16.5. The molecule has 3 N–H and O–H groups in total. The number of ether oxygens (including phenoxy) is 1. The minimum atomic E-state index is -0.782. The lowest BCUT2D eigenvalue weighted by molar-refractivity contribution is -0.143. The zero-order valence-electron chi connectivity index (χ0n) is 19.0. The van der Waals surface area contributed by atoms with Gasteiger partial charge in [-0.2, -0.15) is 0 Å². The minimum Gasteiger partial charge on any atom is -0.481 e. The molecular weight excluding hydrogens is 432 g/mol. The summed E-state index contributed by atoms with van der Waals surface area (Å²) in [5, 5.41) is 15.0. The van der Waals surface area contributed by atoms with Crippen LogP contribution in [0.4, 0.5) is 4.79 Å². The van der Waals surface area contributed by atoms with Gasteiger partial charge in [-0.1, -0.05) is 55.0 Å². The highest BCUT2D eigenvalue weighted by molar-refractivity contribution is 5.82. The predicted molar refractivity (Wildman–Crippen MR) is 126 cm³/mol. The van der Waals surface area contributed by atoms with Gasteiger partial charge in [-0.25, -0.2) is 4.79 Å². The Balaban J connectivity index is 1.07. The summed E-state index contributed by atoms with van der Waals surface area (Å²) in [6.07, 6.45) is 3.08. The minimum absolute atomic E-state index is 0.0164. The Morgan fingerprint density at radius 2 is 1.62 bits per heavy atom. The van der Waals surface area contributed by atoms with Crippen LogP contribution in [0, 0.1) is 17.8 Å². The topological polar surface area (TPSA) is 105 Å². The molecule has 2 aromatic carbocycles. The number of rotatable bonds is 7. The summed E-state index contributed by atoms with van der Waals surface area (Å²) < 4.78 is 5.56. The van der Waals surface area contributed by atoms with E-state index in [0.29, 0.717) is 19.4 Å². The van der Waals surface area contributed by atoms with Gasteiger partial charge in [0.25, 0.3) is 0 Å². The van der Waals surface area contributed by atoms with E-state index in [-0.39, 0.29) is 42.2 Å². The monoisotopic (exact) mass is 462 g/mol. The smallest absolute Gasteiger partial charge is 0.407 e. The van der Waals surface area contributed by atoms with Crippen molar-refractivity contribution >= 4 is 18.0 Å². The Kier molecular flexibility index (Phi) is 6.26. The molecule has 2 unspecified atom stereocenters. The third-order valence-corrected chi connectivity index (χ3v) is 7.48. The van der Waals surface area contributed by atoms with Gasteiger partial charge in [0.1, 0.15) is 6.61 Å². The van der Waals surface area contributed by atoms with E-state index in [4.69, 9.17) is 4.74 Å². The van der Waals surface area contributed by atoms with Crippen LogP contribution in [0.25, 0.3) is 11.1 Å². The summed E-state index contributed by atoms with van der Waals surface area (Å²) in [5.74, 6) is -1.20. The van der Waals surface area contributed by atoms with Crippen LogP contribution in [0.2, 0.25) is 0 Å². The highest BCUT2D eigenvalue weighted by Gasteiger charge is 2.44. The second kappa shape index (κ2) is 9.49. The van der Waals surface area contributed by atoms with Crippen LogP contribution in [0.15, 0.2) is 48.5 Å². The standard InChI is InChI=1S/C27H30N2O5/c30-25(29-18-7-5-6-16(12-18)26(31)32)23-13-17(23)14-28-27(33)34-15-24-21-10-3-1-8-19(21)20-9-2-4-11-22(20)24/h1-4,8-11,16-18,23-24H,5-7,12-15H2,(H,28,33)(H,29,30)(H,31,32)/t16-,17?,18-,23?/m1/s1. The van der Waals surface area contributed by atoms with Crippen molar-refractivity contribution in [1.29, 1.82) is 0 Å². The fourth-order valence-electron chi connectivity index (χ4n) is 5.51. The van der Waals surface area contributed by atoms with Crippen molar-refractivity contribution in [1.82, 2.24) is 10.6 Å². The van der Waals surface area contributed by atoms with E-state index in [0.717, 1.165) is 19.3 Å². The van der Waals surface area contributed by atoms with Crippen LogP contribution in [-0.2, 0) is 14.3 Å². The number of carboxylic acid groups (broad SMARTS) is 1. The lowest BCUT2D eigenvalue weighted by Crippen LogP contribution is -2.41. The second-order valence-corrected chi connectivity index (χ2v) is 9.72. The van der Waals surface area contributed by atoms with Gasteiger partial charge < -0.3 is 20.5 Å². The number of hydrogen-bond donors (Lipinski definition) is 3. The number of carbonyl (C=O) groups excluding carboxylic acids is 2. The summed E-state index contributed by atoms with van der Waals surface area (Å²) >= 11 is 0. The molecule has 2 fully saturated rings. The first kappa shape index (κ1) is 22.4. The number of carbonyl (C=O) groups is 3. The van der Waals surface area contributed by atoms with Gasteiger partial charge in [0.2, 0.25) is 5.91 Å². The summed E-state index contributed by atoms with van der Waals surface area (Å²) in [4.78, 5) is 36.1. The van der Waals surface area contributed by atoms with Crippen LogP contribution in [0.1, 0.15) is 49.1 Å². The van der Waals surface area contributed by atoms with Gasteiger partial charge in [-0.3, -0.25) is 9.59 Å². The van der Waals surface area contributed by atoms with Gasteiger partial charge in [0, 0.05) is 24.4 Å². The predicted octanol–water partition coefficient (Wildman–Crippen LogP) is 3.92. The molecule has 0 radical (unpaired) electrons. The van der Waals surface area contributed by atoms with E-state index >= 15 is 0 Å². The maximum absolute atomic E-state index is 12.5. The largest absolute Gasteiger partial charge is 0.481 e. The second-order valence-electron chi connectivity index (χ2n) is 9.72. The molecule has 2 saturated carbocycles. The summed E-state index contributed by atoms with van der Waals surface area (Å²) in [7, 11) is 0. The molecule has 0 heterocycles. The number of benzene rings is 2. The SMILES string of the molecule is O=C(NCC1CC1C(=O)N[C@@H]1CCC[C@@H](C(=O)O)C1)OCC1c2ccccc2-c2ccccc21. The van der Waals surface area contributed by atoms with E-state index in [1.807, 2.05) is 24.3 Å². The third-order valence-electron chi connectivity index (χ3n) is 7.48. The maximum Gasteiger partial charge on any atom is 0.407 e. The van der Waals surface area contributed by atoms with Crippen LogP contribution in [0.5, 0.6) is 0 Å². The molecule has 0 spiro atoms. The number of alkyl carbamates (subject to hydrolysis) is 1. The summed E-state index contributed by atoms with van der Waals surface area (Å²) in [6.45, 7) is 0.665. The molecule has 7 nitrogen and oxygen atoms in total. The molecule has 2 aromatic rings. The van der Waals surface area contributed by atoms with Crippen LogP contribution >= 0.6 is 0 Å². The van der Waals surface area contributed by atoms with Crippen molar-refractivity contribution in [3.8, 4) is 11.1 Å². The molecule has 178 valence electrons. The molecule has 5 rings (SSSR count). The van der Waals surface area contributed by atoms with Crippen LogP contribution in [0.3, 0.4) is 0 Å². The first-order chi connectivity index (χ1) is 16.5. The molecule has 0 bridgehead atoms. The van der Waals surface area contributed by atoms with E-state index < -0.39 is 12.1 Å². The molecule has 0 saturated heterocycles. The zero-order valence-corrected chi connectivity index (χ0v) is 19.0. The molecule has 34 heavy (non-hydrogen) atoms. The Morgan fingerprint density at radius 3 is 2.29 bits per heavy atom. The lowest BCUT2D eigenvalue weighted by atomic mass is 9.85. The Labute approximate surface area is 198 Å². The number of fused-ring (bicyclic) bond motifs is 3.